The molecular weight excluding hydrogens is 230 g/mol. The molecule has 0 N–H and O–H groups in total. The summed E-state index contributed by atoms with van der Waals surface area (Å²) in [5, 5.41) is 7.32. The van der Waals surface area contributed by atoms with Gasteiger partial charge in [-0.1, -0.05) is 30.3 Å². The Morgan fingerprint density at radius 3 is 2.76 bits per heavy atom. The van der Waals surface area contributed by atoms with E-state index in [4.69, 9.17) is 0 Å². The predicted molar refractivity (Wildman–Crippen MR) is 68.9 cm³/mol. The van der Waals surface area contributed by atoms with Crippen LogP contribution in [0.2, 0.25) is 0 Å². The van der Waals surface area contributed by atoms with E-state index in [1.807, 2.05) is 35.1 Å². The summed E-state index contributed by atoms with van der Waals surface area (Å²) < 4.78 is 1.88. The topological polar surface area (TPSA) is 30.7 Å². The number of aromatic nitrogens is 3. The first-order valence-electron chi connectivity index (χ1n) is 5.39. The number of nitrogens with zero attached hydrogens (tertiary/aromatic N) is 3. The van der Waals surface area contributed by atoms with E-state index in [1.54, 1.807) is 17.5 Å². The van der Waals surface area contributed by atoms with Crippen molar-refractivity contribution in [2.75, 3.05) is 0 Å². The molecule has 3 rings (SSSR count). The number of thiazole rings is 1. The molecule has 0 unspecified atom stereocenters. The van der Waals surface area contributed by atoms with Gasteiger partial charge < -0.3 is 0 Å². The molecule has 0 bridgehead atoms. The number of hydrogen-bond donors (Lipinski definition) is 0. The monoisotopic (exact) mass is 241 g/mol. The highest BCUT2D eigenvalue weighted by Crippen LogP contribution is 2.23. The van der Waals surface area contributed by atoms with Crippen LogP contribution in [0.5, 0.6) is 0 Å². The van der Waals surface area contributed by atoms with Crippen molar-refractivity contribution in [1.29, 1.82) is 0 Å². The third-order valence-corrected chi connectivity index (χ3v) is 3.40. The van der Waals surface area contributed by atoms with Crippen molar-refractivity contribution in [3.8, 4) is 10.6 Å². The molecule has 0 saturated carbocycles. The standard InChI is InChI=1S/C13H11N3S/c1-2-5-11(6-3-1)13-15-12(10-17-13)9-16-8-4-7-14-16/h1-8,10H,9H2. The molecule has 0 radical (unpaired) electrons. The lowest BCUT2D eigenvalue weighted by Crippen LogP contribution is -1.99. The highest BCUT2D eigenvalue weighted by atomic mass is 32.1. The molecule has 0 aliphatic carbocycles. The quantitative estimate of drug-likeness (QED) is 0.705. The van der Waals surface area contributed by atoms with Crippen LogP contribution >= 0.6 is 11.3 Å². The van der Waals surface area contributed by atoms with E-state index < -0.39 is 0 Å². The maximum atomic E-state index is 4.61. The van der Waals surface area contributed by atoms with Crippen LogP contribution in [0.15, 0.2) is 54.2 Å². The van der Waals surface area contributed by atoms with Crippen LogP contribution < -0.4 is 0 Å². The first-order valence-corrected chi connectivity index (χ1v) is 6.27. The summed E-state index contributed by atoms with van der Waals surface area (Å²) in [7, 11) is 0. The maximum absolute atomic E-state index is 4.61. The van der Waals surface area contributed by atoms with Gasteiger partial charge in [-0.3, -0.25) is 4.68 Å². The Morgan fingerprint density at radius 1 is 1.12 bits per heavy atom. The Balaban J connectivity index is 1.84. The maximum Gasteiger partial charge on any atom is 0.123 e. The van der Waals surface area contributed by atoms with Gasteiger partial charge in [0.25, 0.3) is 0 Å². The molecular formula is C13H11N3S. The second-order valence-electron chi connectivity index (χ2n) is 3.71. The number of benzene rings is 1. The van der Waals surface area contributed by atoms with Crippen LogP contribution in [0.1, 0.15) is 5.69 Å². The van der Waals surface area contributed by atoms with Gasteiger partial charge in [0.05, 0.1) is 12.2 Å². The second kappa shape index (κ2) is 4.51. The fourth-order valence-electron chi connectivity index (χ4n) is 1.65. The molecule has 0 aliphatic rings. The minimum atomic E-state index is 0.732. The van der Waals surface area contributed by atoms with Crippen LogP contribution in [0.3, 0.4) is 0 Å². The minimum Gasteiger partial charge on any atom is -0.267 e. The van der Waals surface area contributed by atoms with E-state index in [0.717, 1.165) is 17.2 Å². The van der Waals surface area contributed by atoms with Gasteiger partial charge in [0, 0.05) is 23.3 Å². The average molecular weight is 241 g/mol. The molecule has 17 heavy (non-hydrogen) atoms. The summed E-state index contributed by atoms with van der Waals surface area (Å²) in [6.45, 7) is 0.732. The zero-order chi connectivity index (χ0) is 11.5. The Labute approximate surface area is 103 Å². The molecule has 0 saturated heterocycles. The van der Waals surface area contributed by atoms with Crippen LogP contribution in [-0.4, -0.2) is 14.8 Å². The first-order chi connectivity index (χ1) is 8.42. The SMILES string of the molecule is c1ccc(-c2nc(Cn3cccn3)cs2)cc1. The summed E-state index contributed by atoms with van der Waals surface area (Å²) in [6, 6.07) is 12.2. The van der Waals surface area contributed by atoms with Crippen LogP contribution in [0.4, 0.5) is 0 Å². The van der Waals surface area contributed by atoms with Gasteiger partial charge in [0.2, 0.25) is 0 Å². The van der Waals surface area contributed by atoms with E-state index >= 15 is 0 Å². The molecule has 0 aliphatic heterocycles. The molecule has 0 spiro atoms. The van der Waals surface area contributed by atoms with Gasteiger partial charge in [0.1, 0.15) is 5.01 Å². The average Bonchev–Trinajstić information content (AvgIpc) is 3.02. The normalized spacial score (nSPS) is 10.6. The van der Waals surface area contributed by atoms with E-state index in [2.05, 4.69) is 27.6 Å². The van der Waals surface area contributed by atoms with Gasteiger partial charge in [-0.25, -0.2) is 4.98 Å². The Hall–Kier alpha value is -1.94. The third kappa shape index (κ3) is 2.26. The Bertz CT molecular complexity index is 584. The van der Waals surface area contributed by atoms with Crippen molar-refractivity contribution in [2.45, 2.75) is 6.54 Å². The molecule has 4 heteroatoms. The van der Waals surface area contributed by atoms with Gasteiger partial charge >= 0.3 is 0 Å². The first kappa shape index (κ1) is 10.2. The second-order valence-corrected chi connectivity index (χ2v) is 4.57. The van der Waals surface area contributed by atoms with E-state index in [1.165, 1.54) is 5.56 Å². The summed E-state index contributed by atoms with van der Waals surface area (Å²) in [5.41, 5.74) is 2.22. The summed E-state index contributed by atoms with van der Waals surface area (Å²) in [4.78, 5) is 4.61. The molecule has 0 fully saturated rings. The van der Waals surface area contributed by atoms with Crippen LogP contribution in [0.25, 0.3) is 10.6 Å². The zero-order valence-corrected chi connectivity index (χ0v) is 9.97. The van der Waals surface area contributed by atoms with Crippen molar-refractivity contribution in [1.82, 2.24) is 14.8 Å². The Morgan fingerprint density at radius 2 is 2.00 bits per heavy atom. The van der Waals surface area contributed by atoms with Crippen LogP contribution in [-0.2, 0) is 6.54 Å². The molecule has 1 aromatic carbocycles. The van der Waals surface area contributed by atoms with Gasteiger partial charge in [-0.2, -0.15) is 5.10 Å². The highest BCUT2D eigenvalue weighted by molar-refractivity contribution is 7.13. The Kier molecular flexibility index (Phi) is 2.71. The van der Waals surface area contributed by atoms with Crippen molar-refractivity contribution in [3.63, 3.8) is 0 Å². The van der Waals surface area contributed by atoms with Crippen LogP contribution in [0, 0.1) is 0 Å². The van der Waals surface area contributed by atoms with Crippen molar-refractivity contribution in [3.05, 3.63) is 59.9 Å². The predicted octanol–water partition coefficient (Wildman–Crippen LogP) is 3.05. The van der Waals surface area contributed by atoms with E-state index in [9.17, 15) is 0 Å². The fourth-order valence-corrected chi connectivity index (χ4v) is 2.47. The van der Waals surface area contributed by atoms with Gasteiger partial charge in [0.15, 0.2) is 0 Å². The molecule has 2 aromatic heterocycles. The smallest absolute Gasteiger partial charge is 0.123 e. The van der Waals surface area contributed by atoms with Crippen molar-refractivity contribution in [2.24, 2.45) is 0 Å². The molecule has 84 valence electrons. The molecule has 2 heterocycles. The van der Waals surface area contributed by atoms with E-state index in [-0.39, 0.29) is 0 Å². The number of hydrogen-bond acceptors (Lipinski definition) is 3. The largest absolute Gasteiger partial charge is 0.267 e. The summed E-state index contributed by atoms with van der Waals surface area (Å²) >= 11 is 1.67. The molecule has 0 atom stereocenters. The summed E-state index contributed by atoms with van der Waals surface area (Å²) in [6.07, 6.45) is 3.73. The zero-order valence-electron chi connectivity index (χ0n) is 9.15. The fraction of sp³-hybridized carbons (Fsp3) is 0.0769. The lowest BCUT2D eigenvalue weighted by molar-refractivity contribution is 0.676. The third-order valence-electron chi connectivity index (χ3n) is 2.46. The molecule has 3 aromatic rings. The van der Waals surface area contributed by atoms with Gasteiger partial charge in [-0.15, -0.1) is 11.3 Å². The lowest BCUT2D eigenvalue weighted by Gasteiger charge is -1.97. The molecule has 0 amide bonds. The highest BCUT2D eigenvalue weighted by Gasteiger charge is 2.04. The van der Waals surface area contributed by atoms with Gasteiger partial charge in [-0.05, 0) is 6.07 Å². The number of rotatable bonds is 3. The summed E-state index contributed by atoms with van der Waals surface area (Å²) in [5.74, 6) is 0. The lowest BCUT2D eigenvalue weighted by atomic mass is 10.2. The van der Waals surface area contributed by atoms with Crippen molar-refractivity contribution >= 4 is 11.3 Å². The van der Waals surface area contributed by atoms with E-state index in [0.29, 0.717) is 0 Å². The minimum absolute atomic E-state index is 0.732. The van der Waals surface area contributed by atoms with Crippen molar-refractivity contribution < 1.29 is 0 Å². The molecule has 3 nitrogen and oxygen atoms in total.